The largest absolute Gasteiger partial charge is 0.378 e. The van der Waals surface area contributed by atoms with E-state index < -0.39 is 0 Å². The summed E-state index contributed by atoms with van der Waals surface area (Å²) in [5.41, 5.74) is 0. The molecule has 1 aliphatic carbocycles. The summed E-state index contributed by atoms with van der Waals surface area (Å²) in [4.78, 5) is 0. The quantitative estimate of drug-likeness (QED) is 0.673. The molecule has 16 heavy (non-hydrogen) atoms. The maximum absolute atomic E-state index is 5.96. The minimum atomic E-state index is 0.554. The van der Waals surface area contributed by atoms with Crippen molar-refractivity contribution in [2.45, 2.75) is 70.9 Å². The average molecular weight is 227 g/mol. The highest BCUT2D eigenvalue weighted by molar-refractivity contribution is 4.70. The van der Waals surface area contributed by atoms with Gasteiger partial charge in [0, 0.05) is 12.6 Å². The van der Waals surface area contributed by atoms with E-state index in [9.17, 15) is 0 Å². The second kappa shape index (κ2) is 8.08. The van der Waals surface area contributed by atoms with Crippen molar-refractivity contribution >= 4 is 0 Å². The minimum Gasteiger partial charge on any atom is -0.378 e. The Kier molecular flexibility index (Phi) is 7.06. The van der Waals surface area contributed by atoms with Crippen LogP contribution in [0.5, 0.6) is 0 Å². The predicted molar refractivity (Wildman–Crippen MR) is 69.7 cm³/mol. The molecule has 0 amide bonds. The molecule has 2 nitrogen and oxygen atoms in total. The molecule has 1 rings (SSSR count). The van der Waals surface area contributed by atoms with Crippen LogP contribution in [-0.4, -0.2) is 25.8 Å². The van der Waals surface area contributed by atoms with E-state index in [1.807, 2.05) is 0 Å². The fourth-order valence-corrected chi connectivity index (χ4v) is 2.66. The first-order valence-electron chi connectivity index (χ1n) is 7.05. The third-order valence-corrected chi connectivity index (χ3v) is 3.84. The second-order valence-electron chi connectivity index (χ2n) is 5.30. The smallest absolute Gasteiger partial charge is 0.0577 e. The summed E-state index contributed by atoms with van der Waals surface area (Å²) in [6, 6.07) is 0.675. The monoisotopic (exact) mass is 227 g/mol. The van der Waals surface area contributed by atoms with Crippen LogP contribution in [0, 0.1) is 5.92 Å². The lowest BCUT2D eigenvalue weighted by atomic mass is 9.89. The summed E-state index contributed by atoms with van der Waals surface area (Å²) in [6.45, 7) is 5.55. The van der Waals surface area contributed by atoms with Crippen LogP contribution in [0.3, 0.4) is 0 Å². The maximum atomic E-state index is 5.96. The van der Waals surface area contributed by atoms with Gasteiger partial charge in [0.1, 0.15) is 0 Å². The van der Waals surface area contributed by atoms with E-state index in [0.717, 1.165) is 12.5 Å². The Bertz CT molecular complexity index is 168. The molecule has 0 saturated heterocycles. The number of hydrogen-bond donors (Lipinski definition) is 1. The second-order valence-corrected chi connectivity index (χ2v) is 5.30. The SMILES string of the molecule is CCC(CCCOC1CCCC(C)C1)NC. The van der Waals surface area contributed by atoms with Gasteiger partial charge >= 0.3 is 0 Å². The lowest BCUT2D eigenvalue weighted by molar-refractivity contribution is 0.0131. The first kappa shape index (κ1) is 14.0. The lowest BCUT2D eigenvalue weighted by Gasteiger charge is -2.27. The highest BCUT2D eigenvalue weighted by Gasteiger charge is 2.18. The summed E-state index contributed by atoms with van der Waals surface area (Å²) in [7, 11) is 2.05. The van der Waals surface area contributed by atoms with Crippen LogP contribution in [-0.2, 0) is 4.74 Å². The zero-order valence-corrected chi connectivity index (χ0v) is 11.3. The van der Waals surface area contributed by atoms with Gasteiger partial charge in [0.2, 0.25) is 0 Å². The molecule has 0 aromatic rings. The van der Waals surface area contributed by atoms with Gasteiger partial charge in [0.05, 0.1) is 6.10 Å². The summed E-state index contributed by atoms with van der Waals surface area (Å²) in [6.07, 6.45) is 9.54. The third kappa shape index (κ3) is 5.31. The van der Waals surface area contributed by atoms with Crippen LogP contribution < -0.4 is 5.32 Å². The number of hydrogen-bond acceptors (Lipinski definition) is 2. The van der Waals surface area contributed by atoms with Crippen LogP contribution in [0.15, 0.2) is 0 Å². The molecule has 0 bridgehead atoms. The van der Waals surface area contributed by atoms with Crippen molar-refractivity contribution in [2.24, 2.45) is 5.92 Å². The summed E-state index contributed by atoms with van der Waals surface area (Å²) in [5.74, 6) is 0.874. The first-order valence-corrected chi connectivity index (χ1v) is 7.05. The number of rotatable bonds is 7. The molecule has 0 heterocycles. The molecule has 0 aliphatic heterocycles. The molecule has 0 spiro atoms. The van der Waals surface area contributed by atoms with Gasteiger partial charge in [-0.3, -0.25) is 0 Å². The van der Waals surface area contributed by atoms with Crippen molar-refractivity contribution < 1.29 is 4.74 Å². The standard InChI is InChI=1S/C14H29NO/c1-4-13(15-3)8-6-10-16-14-9-5-7-12(2)11-14/h12-15H,4-11H2,1-3H3. The lowest BCUT2D eigenvalue weighted by Crippen LogP contribution is -2.25. The van der Waals surface area contributed by atoms with Gasteiger partial charge in [0.25, 0.3) is 0 Å². The summed E-state index contributed by atoms with van der Waals surface area (Å²) >= 11 is 0. The molecular formula is C14H29NO. The van der Waals surface area contributed by atoms with Gasteiger partial charge < -0.3 is 10.1 Å². The molecule has 1 aliphatic rings. The molecule has 3 atom stereocenters. The molecule has 0 radical (unpaired) electrons. The van der Waals surface area contributed by atoms with E-state index >= 15 is 0 Å². The van der Waals surface area contributed by atoms with Crippen LogP contribution in [0.2, 0.25) is 0 Å². The zero-order chi connectivity index (χ0) is 11.8. The van der Waals surface area contributed by atoms with E-state index in [-0.39, 0.29) is 0 Å². The van der Waals surface area contributed by atoms with E-state index in [1.165, 1.54) is 44.9 Å². The van der Waals surface area contributed by atoms with E-state index in [0.29, 0.717) is 12.1 Å². The zero-order valence-electron chi connectivity index (χ0n) is 11.3. The Balaban J connectivity index is 2.02. The Labute approximate surface area is 101 Å². The van der Waals surface area contributed by atoms with Gasteiger partial charge in [0.15, 0.2) is 0 Å². The van der Waals surface area contributed by atoms with Crippen molar-refractivity contribution in [3.63, 3.8) is 0 Å². The highest BCUT2D eigenvalue weighted by atomic mass is 16.5. The summed E-state index contributed by atoms with van der Waals surface area (Å²) in [5, 5.41) is 3.34. The molecule has 2 heteroatoms. The molecule has 0 aromatic heterocycles. The Morgan fingerprint density at radius 2 is 2.19 bits per heavy atom. The summed E-state index contributed by atoms with van der Waals surface area (Å²) < 4.78 is 5.96. The first-order chi connectivity index (χ1) is 7.76. The fraction of sp³-hybridized carbons (Fsp3) is 1.00. The van der Waals surface area contributed by atoms with Gasteiger partial charge in [-0.25, -0.2) is 0 Å². The van der Waals surface area contributed by atoms with Gasteiger partial charge in [-0.15, -0.1) is 0 Å². The van der Waals surface area contributed by atoms with E-state index in [1.54, 1.807) is 0 Å². The maximum Gasteiger partial charge on any atom is 0.0577 e. The van der Waals surface area contributed by atoms with Crippen molar-refractivity contribution in [2.75, 3.05) is 13.7 Å². The van der Waals surface area contributed by atoms with Crippen molar-refractivity contribution in [3.05, 3.63) is 0 Å². The van der Waals surface area contributed by atoms with Crippen LogP contribution in [0.1, 0.15) is 58.8 Å². The molecule has 3 unspecified atom stereocenters. The normalized spacial score (nSPS) is 27.9. The molecule has 1 N–H and O–H groups in total. The van der Waals surface area contributed by atoms with Crippen LogP contribution in [0.25, 0.3) is 0 Å². The van der Waals surface area contributed by atoms with Crippen molar-refractivity contribution in [1.29, 1.82) is 0 Å². The van der Waals surface area contributed by atoms with Crippen molar-refractivity contribution in [3.8, 4) is 0 Å². The molecule has 96 valence electrons. The Morgan fingerprint density at radius 1 is 1.38 bits per heavy atom. The minimum absolute atomic E-state index is 0.554. The number of nitrogens with one attached hydrogen (secondary N) is 1. The number of ether oxygens (including phenoxy) is 1. The van der Waals surface area contributed by atoms with E-state index in [4.69, 9.17) is 4.74 Å². The van der Waals surface area contributed by atoms with Crippen LogP contribution >= 0.6 is 0 Å². The van der Waals surface area contributed by atoms with Crippen molar-refractivity contribution in [1.82, 2.24) is 5.32 Å². The van der Waals surface area contributed by atoms with Gasteiger partial charge in [-0.2, -0.15) is 0 Å². The Hall–Kier alpha value is -0.0800. The molecule has 1 saturated carbocycles. The fourth-order valence-electron chi connectivity index (χ4n) is 2.66. The predicted octanol–water partition coefficient (Wildman–Crippen LogP) is 3.36. The van der Waals surface area contributed by atoms with Gasteiger partial charge in [-0.05, 0) is 45.1 Å². The molecule has 0 aromatic carbocycles. The highest BCUT2D eigenvalue weighted by Crippen LogP contribution is 2.25. The van der Waals surface area contributed by atoms with Crippen LogP contribution in [0.4, 0.5) is 0 Å². The third-order valence-electron chi connectivity index (χ3n) is 3.84. The topological polar surface area (TPSA) is 21.3 Å². The molecule has 1 fully saturated rings. The van der Waals surface area contributed by atoms with Gasteiger partial charge in [-0.1, -0.05) is 26.7 Å². The van der Waals surface area contributed by atoms with E-state index in [2.05, 4.69) is 26.2 Å². The molecular weight excluding hydrogens is 198 g/mol. The average Bonchev–Trinajstić information content (AvgIpc) is 2.29. The Morgan fingerprint density at radius 3 is 2.81 bits per heavy atom.